The maximum Gasteiger partial charge on any atom is 0.0558 e. The Balaban J connectivity index is 1.94. The Morgan fingerprint density at radius 3 is 2.24 bits per heavy atom. The van der Waals surface area contributed by atoms with Gasteiger partial charge in [-0.3, -0.25) is 4.90 Å². The average Bonchev–Trinajstić information content (AvgIpc) is 3.16. The van der Waals surface area contributed by atoms with E-state index in [0.717, 1.165) is 25.7 Å². The molecule has 3 N–H and O–H groups in total. The van der Waals surface area contributed by atoms with Crippen LogP contribution in [0.3, 0.4) is 0 Å². The Morgan fingerprint density at radius 2 is 1.76 bits per heavy atom. The highest BCUT2D eigenvalue weighted by Crippen LogP contribution is 2.37. The number of aliphatic hydroxyl groups excluding tert-OH is 1. The van der Waals surface area contributed by atoms with Gasteiger partial charge in [-0.25, -0.2) is 0 Å². The molecule has 3 heteroatoms. The summed E-state index contributed by atoms with van der Waals surface area (Å²) in [6.45, 7) is 3.07. The second-order valence-electron chi connectivity index (χ2n) is 6.04. The number of hydrogen-bond acceptors (Lipinski definition) is 3. The SMILES string of the molecule is NCC1(CN(CCO)C2CC2)CCCCCC1. The van der Waals surface area contributed by atoms with Crippen LogP contribution < -0.4 is 5.73 Å². The number of aliphatic hydroxyl groups is 1. The molecule has 2 saturated carbocycles. The molecular weight excluding hydrogens is 212 g/mol. The van der Waals surface area contributed by atoms with E-state index in [2.05, 4.69) is 4.90 Å². The highest BCUT2D eigenvalue weighted by molar-refractivity contribution is 4.91. The summed E-state index contributed by atoms with van der Waals surface area (Å²) in [6.07, 6.45) is 10.7. The molecule has 2 aliphatic rings. The van der Waals surface area contributed by atoms with E-state index in [9.17, 15) is 5.11 Å². The first-order valence-electron chi connectivity index (χ1n) is 7.35. The first-order valence-corrected chi connectivity index (χ1v) is 7.35. The fraction of sp³-hybridized carbons (Fsp3) is 1.00. The molecule has 2 aliphatic carbocycles. The van der Waals surface area contributed by atoms with Crippen molar-refractivity contribution in [3.05, 3.63) is 0 Å². The molecule has 100 valence electrons. The van der Waals surface area contributed by atoms with Gasteiger partial charge < -0.3 is 10.8 Å². The lowest BCUT2D eigenvalue weighted by Gasteiger charge is -2.37. The van der Waals surface area contributed by atoms with Crippen molar-refractivity contribution in [1.82, 2.24) is 4.90 Å². The lowest BCUT2D eigenvalue weighted by molar-refractivity contribution is 0.109. The summed E-state index contributed by atoms with van der Waals surface area (Å²) < 4.78 is 0. The van der Waals surface area contributed by atoms with Crippen LogP contribution in [0.2, 0.25) is 0 Å². The third-order valence-corrected chi connectivity index (χ3v) is 4.59. The lowest BCUT2D eigenvalue weighted by atomic mass is 9.80. The quantitative estimate of drug-likeness (QED) is 0.695. The minimum atomic E-state index is 0.289. The van der Waals surface area contributed by atoms with E-state index >= 15 is 0 Å². The van der Waals surface area contributed by atoms with Gasteiger partial charge >= 0.3 is 0 Å². The van der Waals surface area contributed by atoms with Crippen molar-refractivity contribution in [2.24, 2.45) is 11.1 Å². The fourth-order valence-electron chi connectivity index (χ4n) is 3.30. The van der Waals surface area contributed by atoms with Gasteiger partial charge in [-0.05, 0) is 37.6 Å². The molecule has 0 amide bonds. The molecule has 0 bridgehead atoms. The minimum absolute atomic E-state index is 0.289. The van der Waals surface area contributed by atoms with Gasteiger partial charge in [0.1, 0.15) is 0 Å². The van der Waals surface area contributed by atoms with Gasteiger partial charge in [0.2, 0.25) is 0 Å². The molecule has 0 aromatic rings. The van der Waals surface area contributed by atoms with E-state index in [4.69, 9.17) is 5.73 Å². The maximum atomic E-state index is 9.18. The Morgan fingerprint density at radius 1 is 1.12 bits per heavy atom. The second kappa shape index (κ2) is 6.17. The van der Waals surface area contributed by atoms with E-state index in [1.807, 2.05) is 0 Å². The van der Waals surface area contributed by atoms with E-state index in [1.54, 1.807) is 0 Å². The van der Waals surface area contributed by atoms with Crippen LogP contribution in [0.25, 0.3) is 0 Å². The largest absolute Gasteiger partial charge is 0.395 e. The van der Waals surface area contributed by atoms with Crippen molar-refractivity contribution in [2.75, 3.05) is 26.2 Å². The van der Waals surface area contributed by atoms with Crippen molar-refractivity contribution >= 4 is 0 Å². The van der Waals surface area contributed by atoms with Gasteiger partial charge in [0.25, 0.3) is 0 Å². The average molecular weight is 240 g/mol. The first kappa shape index (κ1) is 13.3. The van der Waals surface area contributed by atoms with E-state index < -0.39 is 0 Å². The van der Waals surface area contributed by atoms with Crippen LogP contribution in [0.15, 0.2) is 0 Å². The zero-order chi connectivity index (χ0) is 12.1. The standard InChI is InChI=1S/C14H28N2O/c15-11-14(7-3-1-2-4-8-14)12-16(9-10-17)13-5-6-13/h13,17H,1-12,15H2. The summed E-state index contributed by atoms with van der Waals surface area (Å²) in [6, 6.07) is 0.744. The van der Waals surface area contributed by atoms with Crippen LogP contribution in [0, 0.1) is 5.41 Å². The molecule has 0 unspecified atom stereocenters. The van der Waals surface area contributed by atoms with Crippen molar-refractivity contribution in [3.63, 3.8) is 0 Å². The van der Waals surface area contributed by atoms with Gasteiger partial charge in [0.15, 0.2) is 0 Å². The predicted molar refractivity (Wildman–Crippen MR) is 70.9 cm³/mol. The van der Waals surface area contributed by atoms with E-state index in [-0.39, 0.29) is 6.61 Å². The van der Waals surface area contributed by atoms with Crippen molar-refractivity contribution in [3.8, 4) is 0 Å². The van der Waals surface area contributed by atoms with E-state index in [0.29, 0.717) is 5.41 Å². The summed E-state index contributed by atoms with van der Waals surface area (Å²) in [5, 5.41) is 9.18. The molecule has 0 aliphatic heterocycles. The van der Waals surface area contributed by atoms with E-state index in [1.165, 1.54) is 51.4 Å². The Kier molecular flexibility index (Phi) is 4.83. The van der Waals surface area contributed by atoms with Crippen molar-refractivity contribution in [2.45, 2.75) is 57.4 Å². The molecule has 2 fully saturated rings. The first-order chi connectivity index (χ1) is 8.29. The Hall–Kier alpha value is -0.120. The van der Waals surface area contributed by atoms with Gasteiger partial charge in [-0.2, -0.15) is 0 Å². The zero-order valence-corrected chi connectivity index (χ0v) is 11.0. The molecule has 0 atom stereocenters. The van der Waals surface area contributed by atoms with Gasteiger partial charge in [-0.1, -0.05) is 25.7 Å². The van der Waals surface area contributed by atoms with Crippen LogP contribution in [-0.4, -0.2) is 42.3 Å². The van der Waals surface area contributed by atoms with Crippen LogP contribution in [0.5, 0.6) is 0 Å². The molecule has 0 aromatic carbocycles. The van der Waals surface area contributed by atoms with Crippen LogP contribution >= 0.6 is 0 Å². The van der Waals surface area contributed by atoms with Crippen LogP contribution in [-0.2, 0) is 0 Å². The highest BCUT2D eigenvalue weighted by Gasteiger charge is 2.36. The van der Waals surface area contributed by atoms with Gasteiger partial charge in [-0.15, -0.1) is 0 Å². The smallest absolute Gasteiger partial charge is 0.0558 e. The number of nitrogens with two attached hydrogens (primary N) is 1. The van der Waals surface area contributed by atoms with Gasteiger partial charge in [0.05, 0.1) is 6.61 Å². The molecule has 0 saturated heterocycles. The lowest BCUT2D eigenvalue weighted by Crippen LogP contribution is -2.44. The fourth-order valence-corrected chi connectivity index (χ4v) is 3.30. The summed E-state index contributed by atoms with van der Waals surface area (Å²) in [7, 11) is 0. The topological polar surface area (TPSA) is 49.5 Å². The number of rotatable bonds is 6. The number of hydrogen-bond donors (Lipinski definition) is 2. The molecule has 0 heterocycles. The summed E-state index contributed by atoms with van der Waals surface area (Å²) in [5.74, 6) is 0. The Bertz CT molecular complexity index is 220. The summed E-state index contributed by atoms with van der Waals surface area (Å²) in [5.41, 5.74) is 6.43. The molecule has 0 spiro atoms. The molecular formula is C14H28N2O. The summed E-state index contributed by atoms with van der Waals surface area (Å²) >= 11 is 0. The van der Waals surface area contributed by atoms with Crippen molar-refractivity contribution < 1.29 is 5.11 Å². The minimum Gasteiger partial charge on any atom is -0.395 e. The van der Waals surface area contributed by atoms with Crippen LogP contribution in [0.1, 0.15) is 51.4 Å². The number of nitrogens with zero attached hydrogens (tertiary/aromatic N) is 1. The molecule has 17 heavy (non-hydrogen) atoms. The normalized spacial score (nSPS) is 24.9. The predicted octanol–water partition coefficient (Wildman–Crippen LogP) is 1.74. The zero-order valence-electron chi connectivity index (χ0n) is 11.0. The molecule has 0 radical (unpaired) electrons. The third kappa shape index (κ3) is 3.67. The molecule has 2 rings (SSSR count). The van der Waals surface area contributed by atoms with Crippen LogP contribution in [0.4, 0.5) is 0 Å². The van der Waals surface area contributed by atoms with Crippen molar-refractivity contribution in [1.29, 1.82) is 0 Å². The second-order valence-corrected chi connectivity index (χ2v) is 6.04. The highest BCUT2D eigenvalue weighted by atomic mass is 16.3. The molecule has 3 nitrogen and oxygen atoms in total. The molecule has 0 aromatic heterocycles. The van der Waals surface area contributed by atoms with Gasteiger partial charge in [0, 0.05) is 19.1 Å². The maximum absolute atomic E-state index is 9.18. The Labute approximate surface area is 105 Å². The third-order valence-electron chi connectivity index (χ3n) is 4.59. The monoisotopic (exact) mass is 240 g/mol. The summed E-state index contributed by atoms with van der Waals surface area (Å²) in [4.78, 5) is 2.50.